The molecule has 1 heterocycles. The molecule has 1 aromatic carbocycles. The van der Waals surface area contributed by atoms with Gasteiger partial charge < -0.3 is 15.5 Å². The fourth-order valence-corrected chi connectivity index (χ4v) is 2.30. The van der Waals surface area contributed by atoms with Crippen LogP contribution in [0.15, 0.2) is 12.1 Å². The first-order valence-corrected chi connectivity index (χ1v) is 5.88. The van der Waals surface area contributed by atoms with Crippen LogP contribution in [-0.2, 0) is 0 Å². The van der Waals surface area contributed by atoms with Crippen molar-refractivity contribution in [1.29, 1.82) is 0 Å². The zero-order valence-electron chi connectivity index (χ0n) is 9.83. The van der Waals surface area contributed by atoms with Crippen LogP contribution in [0.3, 0.4) is 0 Å². The highest BCUT2D eigenvalue weighted by Crippen LogP contribution is 2.37. The van der Waals surface area contributed by atoms with Crippen LogP contribution in [-0.4, -0.2) is 16.8 Å². The normalized spacial score (nSPS) is 20.6. The van der Waals surface area contributed by atoms with E-state index in [9.17, 15) is 10.2 Å². The topological polar surface area (TPSA) is 52.5 Å². The summed E-state index contributed by atoms with van der Waals surface area (Å²) in [6, 6.07) is 3.63. The molecule has 88 valence electrons. The second-order valence-corrected chi connectivity index (χ2v) is 4.77. The van der Waals surface area contributed by atoms with Crippen molar-refractivity contribution in [2.75, 3.05) is 6.54 Å². The van der Waals surface area contributed by atoms with Gasteiger partial charge in [0.2, 0.25) is 0 Å². The predicted molar refractivity (Wildman–Crippen MR) is 63.8 cm³/mol. The smallest absolute Gasteiger partial charge is 0.124 e. The van der Waals surface area contributed by atoms with E-state index in [4.69, 9.17) is 0 Å². The third-order valence-electron chi connectivity index (χ3n) is 3.23. The number of aromatic hydroxyl groups is 2. The summed E-state index contributed by atoms with van der Waals surface area (Å²) in [5, 5.41) is 23.0. The molecule has 0 saturated carbocycles. The van der Waals surface area contributed by atoms with Crippen LogP contribution in [0.2, 0.25) is 0 Å². The van der Waals surface area contributed by atoms with Crippen LogP contribution in [0.5, 0.6) is 11.5 Å². The van der Waals surface area contributed by atoms with E-state index in [1.807, 2.05) is 19.9 Å². The van der Waals surface area contributed by atoms with Crippen molar-refractivity contribution >= 4 is 0 Å². The summed E-state index contributed by atoms with van der Waals surface area (Å²) in [5.74, 6) is 0.649. The van der Waals surface area contributed by atoms with Crippen LogP contribution in [0, 0.1) is 0 Å². The molecule has 3 N–H and O–H groups in total. The summed E-state index contributed by atoms with van der Waals surface area (Å²) in [5.41, 5.74) is 1.82. The minimum Gasteiger partial charge on any atom is -0.508 e. The van der Waals surface area contributed by atoms with Crippen LogP contribution in [0.25, 0.3) is 0 Å². The number of hydrogen-bond acceptors (Lipinski definition) is 3. The van der Waals surface area contributed by atoms with Gasteiger partial charge in [0.15, 0.2) is 0 Å². The summed E-state index contributed by atoms with van der Waals surface area (Å²) in [7, 11) is 0. The Morgan fingerprint density at radius 3 is 2.56 bits per heavy atom. The van der Waals surface area contributed by atoms with E-state index < -0.39 is 0 Å². The van der Waals surface area contributed by atoms with Gasteiger partial charge in [-0.3, -0.25) is 0 Å². The van der Waals surface area contributed by atoms with E-state index in [2.05, 4.69) is 5.32 Å². The maximum Gasteiger partial charge on any atom is 0.124 e. The highest BCUT2D eigenvalue weighted by molar-refractivity contribution is 5.47. The van der Waals surface area contributed by atoms with Gasteiger partial charge >= 0.3 is 0 Å². The summed E-state index contributed by atoms with van der Waals surface area (Å²) >= 11 is 0. The molecular formula is C13H19NO2. The largest absolute Gasteiger partial charge is 0.508 e. The second-order valence-electron chi connectivity index (χ2n) is 4.77. The molecule has 0 radical (unpaired) electrons. The Morgan fingerprint density at radius 2 is 2.00 bits per heavy atom. The third-order valence-corrected chi connectivity index (χ3v) is 3.23. The lowest BCUT2D eigenvalue weighted by atomic mass is 9.95. The van der Waals surface area contributed by atoms with Gasteiger partial charge in [-0.2, -0.15) is 0 Å². The molecule has 1 aromatic rings. The number of benzene rings is 1. The van der Waals surface area contributed by atoms with E-state index in [-0.39, 0.29) is 23.5 Å². The maximum atomic E-state index is 9.86. The average Bonchev–Trinajstić information content (AvgIpc) is 2.70. The molecule has 2 rings (SSSR count). The molecule has 1 unspecified atom stereocenters. The molecule has 0 aromatic heterocycles. The lowest BCUT2D eigenvalue weighted by Crippen LogP contribution is -2.13. The fourth-order valence-electron chi connectivity index (χ4n) is 2.30. The number of phenolic OH excluding ortho intramolecular Hbond substituents is 2. The van der Waals surface area contributed by atoms with Crippen LogP contribution >= 0.6 is 0 Å². The number of hydrogen-bond donors (Lipinski definition) is 3. The Labute approximate surface area is 96.1 Å². The minimum atomic E-state index is 0.189. The quantitative estimate of drug-likeness (QED) is 0.719. The maximum absolute atomic E-state index is 9.86. The molecule has 1 aliphatic heterocycles. The number of nitrogens with one attached hydrogen (secondary N) is 1. The molecule has 0 amide bonds. The van der Waals surface area contributed by atoms with Gasteiger partial charge in [0.05, 0.1) is 0 Å². The fraction of sp³-hybridized carbons (Fsp3) is 0.538. The monoisotopic (exact) mass is 221 g/mol. The van der Waals surface area contributed by atoms with Crippen molar-refractivity contribution in [3.8, 4) is 11.5 Å². The molecule has 16 heavy (non-hydrogen) atoms. The van der Waals surface area contributed by atoms with Gasteiger partial charge in [-0.25, -0.2) is 0 Å². The van der Waals surface area contributed by atoms with E-state index in [0.29, 0.717) is 0 Å². The van der Waals surface area contributed by atoms with Crippen LogP contribution in [0.4, 0.5) is 0 Å². The molecule has 3 heteroatoms. The molecule has 0 bridgehead atoms. The molecule has 1 fully saturated rings. The number of phenols is 2. The highest BCUT2D eigenvalue weighted by Gasteiger charge is 2.21. The van der Waals surface area contributed by atoms with Crippen molar-refractivity contribution in [3.05, 3.63) is 23.3 Å². The summed E-state index contributed by atoms with van der Waals surface area (Å²) < 4.78 is 0. The Kier molecular flexibility index (Phi) is 3.06. The first kappa shape index (κ1) is 11.3. The van der Waals surface area contributed by atoms with E-state index >= 15 is 0 Å². The van der Waals surface area contributed by atoms with Crippen molar-refractivity contribution in [3.63, 3.8) is 0 Å². The molecule has 3 nitrogen and oxygen atoms in total. The third kappa shape index (κ3) is 2.00. The molecule has 1 atom stereocenters. The predicted octanol–water partition coefficient (Wildman–Crippen LogP) is 2.65. The second kappa shape index (κ2) is 4.34. The van der Waals surface area contributed by atoms with Gasteiger partial charge in [0, 0.05) is 17.7 Å². The highest BCUT2D eigenvalue weighted by atomic mass is 16.3. The zero-order valence-corrected chi connectivity index (χ0v) is 9.83. The van der Waals surface area contributed by atoms with Crippen LogP contribution < -0.4 is 5.32 Å². The molecular weight excluding hydrogens is 202 g/mol. The summed E-state index contributed by atoms with van der Waals surface area (Å²) in [6.07, 6.45) is 2.19. The minimum absolute atomic E-state index is 0.189. The first-order chi connectivity index (χ1) is 7.59. The Balaban J connectivity index is 2.40. The Hall–Kier alpha value is -1.22. The van der Waals surface area contributed by atoms with E-state index in [0.717, 1.165) is 30.5 Å². The summed E-state index contributed by atoms with van der Waals surface area (Å²) in [4.78, 5) is 0. The molecule has 0 spiro atoms. The van der Waals surface area contributed by atoms with Crippen LogP contribution in [0.1, 0.15) is 49.8 Å². The lowest BCUT2D eigenvalue weighted by Gasteiger charge is -2.17. The summed E-state index contributed by atoms with van der Waals surface area (Å²) in [6.45, 7) is 5.08. The van der Waals surface area contributed by atoms with Gasteiger partial charge in [-0.15, -0.1) is 0 Å². The van der Waals surface area contributed by atoms with Gasteiger partial charge in [0.1, 0.15) is 11.5 Å². The van der Waals surface area contributed by atoms with Crippen molar-refractivity contribution in [2.45, 2.75) is 38.6 Å². The zero-order chi connectivity index (χ0) is 11.7. The number of rotatable bonds is 2. The lowest BCUT2D eigenvalue weighted by molar-refractivity contribution is 0.433. The van der Waals surface area contributed by atoms with Gasteiger partial charge in [-0.1, -0.05) is 13.8 Å². The van der Waals surface area contributed by atoms with E-state index in [1.54, 1.807) is 0 Å². The Morgan fingerprint density at radius 1 is 1.25 bits per heavy atom. The van der Waals surface area contributed by atoms with Crippen molar-refractivity contribution in [1.82, 2.24) is 5.32 Å². The standard InChI is InChI=1S/C13H19NO2/c1-8(2)9-6-10(11-4-3-5-14-11)13(16)7-12(9)15/h6-8,11,14-16H,3-5H2,1-2H3. The molecule has 1 saturated heterocycles. The van der Waals surface area contributed by atoms with Crippen molar-refractivity contribution in [2.24, 2.45) is 0 Å². The molecule has 1 aliphatic rings. The van der Waals surface area contributed by atoms with Gasteiger partial charge in [0.25, 0.3) is 0 Å². The average molecular weight is 221 g/mol. The first-order valence-electron chi connectivity index (χ1n) is 5.88. The Bertz CT molecular complexity index is 382. The SMILES string of the molecule is CC(C)c1cc(C2CCCN2)c(O)cc1O. The van der Waals surface area contributed by atoms with Gasteiger partial charge in [-0.05, 0) is 36.9 Å². The van der Waals surface area contributed by atoms with Crippen molar-refractivity contribution < 1.29 is 10.2 Å². The molecule has 0 aliphatic carbocycles. The van der Waals surface area contributed by atoms with E-state index in [1.165, 1.54) is 6.07 Å².